The highest BCUT2D eigenvalue weighted by molar-refractivity contribution is 5.85. The molecule has 1 fully saturated rings. The third-order valence-electron chi connectivity index (χ3n) is 1.16. The lowest BCUT2D eigenvalue weighted by molar-refractivity contribution is 0.0318. The fourth-order valence-electron chi connectivity index (χ4n) is 0.673. The van der Waals surface area contributed by atoms with E-state index in [-0.39, 0.29) is 12.4 Å². The smallest absolute Gasteiger partial charge is 0.131 e. The summed E-state index contributed by atoms with van der Waals surface area (Å²) < 4.78 is 0. The molecule has 0 amide bonds. The minimum absolute atomic E-state index is 0. The summed E-state index contributed by atoms with van der Waals surface area (Å²) in [5, 5.41) is 20.0. The van der Waals surface area contributed by atoms with E-state index in [1.54, 1.807) is 0 Å². The zero-order valence-electron chi connectivity index (χ0n) is 4.37. The lowest BCUT2D eigenvalue weighted by Crippen LogP contribution is -2.28. The summed E-state index contributed by atoms with van der Waals surface area (Å²) in [5.74, 6) is 0. The van der Waals surface area contributed by atoms with E-state index in [9.17, 15) is 0 Å². The quantitative estimate of drug-likeness (QED) is 0.407. The Morgan fingerprint density at radius 3 is 2.12 bits per heavy atom. The van der Waals surface area contributed by atoms with E-state index in [2.05, 4.69) is 5.32 Å². The molecule has 1 saturated heterocycles. The standard InChI is InChI=1S/C4H9NO2.ClH/c6-3-1-2-5-4(3)7;/h3-7H,1-2H2;1H/t3-,4?;/m1./s1. The van der Waals surface area contributed by atoms with Crippen LogP contribution in [0, 0.1) is 0 Å². The molecule has 2 atom stereocenters. The number of nitrogens with one attached hydrogen (secondary N) is 1. The van der Waals surface area contributed by atoms with Crippen LogP contribution in [-0.4, -0.2) is 29.1 Å². The van der Waals surface area contributed by atoms with E-state index in [0.717, 1.165) is 6.54 Å². The van der Waals surface area contributed by atoms with Crippen molar-refractivity contribution >= 4 is 12.4 Å². The van der Waals surface area contributed by atoms with Gasteiger partial charge in [-0.15, -0.1) is 12.4 Å². The van der Waals surface area contributed by atoms with Gasteiger partial charge in [-0.05, 0) is 6.42 Å². The molecule has 3 N–H and O–H groups in total. The molecule has 3 nitrogen and oxygen atoms in total. The van der Waals surface area contributed by atoms with Crippen molar-refractivity contribution in [1.82, 2.24) is 5.32 Å². The van der Waals surface area contributed by atoms with E-state index in [0.29, 0.717) is 6.42 Å². The summed E-state index contributed by atoms with van der Waals surface area (Å²) in [6.07, 6.45) is -0.554. The van der Waals surface area contributed by atoms with Crippen molar-refractivity contribution in [3.63, 3.8) is 0 Å². The summed E-state index contributed by atoms with van der Waals surface area (Å²) in [6, 6.07) is 0. The third kappa shape index (κ3) is 1.59. The van der Waals surface area contributed by atoms with Crippen LogP contribution < -0.4 is 5.32 Å². The number of halogens is 1. The fraction of sp³-hybridized carbons (Fsp3) is 1.00. The van der Waals surface area contributed by atoms with Crippen LogP contribution in [0.4, 0.5) is 0 Å². The van der Waals surface area contributed by atoms with Crippen LogP contribution in [0.2, 0.25) is 0 Å². The molecule has 1 heterocycles. The maximum Gasteiger partial charge on any atom is 0.131 e. The Labute approximate surface area is 54.1 Å². The van der Waals surface area contributed by atoms with Gasteiger partial charge >= 0.3 is 0 Å². The molecule has 0 saturated carbocycles. The van der Waals surface area contributed by atoms with Crippen LogP contribution in [0.1, 0.15) is 6.42 Å². The first-order valence-corrected chi connectivity index (χ1v) is 2.40. The largest absolute Gasteiger partial charge is 0.389 e. The van der Waals surface area contributed by atoms with Gasteiger partial charge in [-0.1, -0.05) is 0 Å². The Morgan fingerprint density at radius 1 is 1.38 bits per heavy atom. The molecule has 0 radical (unpaired) electrons. The van der Waals surface area contributed by atoms with Gasteiger partial charge in [-0.25, -0.2) is 0 Å². The highest BCUT2D eigenvalue weighted by Gasteiger charge is 2.20. The first kappa shape index (κ1) is 8.17. The maximum absolute atomic E-state index is 8.69. The average molecular weight is 140 g/mol. The van der Waals surface area contributed by atoms with Crippen molar-refractivity contribution in [2.75, 3.05) is 6.54 Å². The van der Waals surface area contributed by atoms with Crippen LogP contribution in [-0.2, 0) is 0 Å². The Morgan fingerprint density at radius 2 is 2.00 bits per heavy atom. The zero-order valence-corrected chi connectivity index (χ0v) is 5.19. The predicted octanol–water partition coefficient (Wildman–Crippen LogP) is -0.919. The minimum Gasteiger partial charge on any atom is -0.389 e. The first-order valence-electron chi connectivity index (χ1n) is 2.40. The number of hydrogen-bond donors (Lipinski definition) is 3. The van der Waals surface area contributed by atoms with Crippen molar-refractivity contribution in [3.05, 3.63) is 0 Å². The molecule has 1 rings (SSSR count). The van der Waals surface area contributed by atoms with Gasteiger partial charge in [0.1, 0.15) is 6.23 Å². The van der Waals surface area contributed by atoms with Crippen LogP contribution in [0.5, 0.6) is 0 Å². The summed E-state index contributed by atoms with van der Waals surface area (Å²) >= 11 is 0. The van der Waals surface area contributed by atoms with E-state index in [4.69, 9.17) is 10.2 Å². The molecule has 1 aliphatic rings. The normalized spacial score (nSPS) is 36.8. The molecule has 0 aliphatic carbocycles. The number of rotatable bonds is 0. The zero-order chi connectivity index (χ0) is 5.28. The predicted molar refractivity (Wildman–Crippen MR) is 31.9 cm³/mol. The third-order valence-corrected chi connectivity index (χ3v) is 1.16. The van der Waals surface area contributed by atoms with Crippen molar-refractivity contribution in [3.8, 4) is 0 Å². The van der Waals surface area contributed by atoms with E-state index < -0.39 is 12.3 Å². The second-order valence-corrected chi connectivity index (χ2v) is 1.75. The Kier molecular flexibility index (Phi) is 3.31. The van der Waals surface area contributed by atoms with Crippen LogP contribution >= 0.6 is 12.4 Å². The molecule has 0 bridgehead atoms. The summed E-state index contributed by atoms with van der Waals surface area (Å²) in [4.78, 5) is 0. The average Bonchev–Trinajstić information content (AvgIpc) is 1.91. The second-order valence-electron chi connectivity index (χ2n) is 1.75. The van der Waals surface area contributed by atoms with Gasteiger partial charge in [0.25, 0.3) is 0 Å². The van der Waals surface area contributed by atoms with Crippen molar-refractivity contribution in [2.24, 2.45) is 0 Å². The Bertz CT molecular complexity index is 63.1. The molecule has 0 aromatic carbocycles. The maximum atomic E-state index is 8.69. The van der Waals surface area contributed by atoms with Crippen molar-refractivity contribution < 1.29 is 10.2 Å². The Balaban J connectivity index is 0.000000490. The van der Waals surface area contributed by atoms with E-state index >= 15 is 0 Å². The van der Waals surface area contributed by atoms with Crippen molar-refractivity contribution in [1.29, 1.82) is 0 Å². The molecule has 50 valence electrons. The van der Waals surface area contributed by atoms with Gasteiger partial charge < -0.3 is 10.2 Å². The topological polar surface area (TPSA) is 52.5 Å². The number of aliphatic hydroxyl groups excluding tert-OH is 2. The number of hydrogen-bond acceptors (Lipinski definition) is 3. The molecule has 0 spiro atoms. The van der Waals surface area contributed by atoms with E-state index in [1.165, 1.54) is 0 Å². The minimum atomic E-state index is -0.681. The van der Waals surface area contributed by atoms with Gasteiger partial charge in [0.2, 0.25) is 0 Å². The van der Waals surface area contributed by atoms with Crippen LogP contribution in [0.3, 0.4) is 0 Å². The molecule has 4 heteroatoms. The van der Waals surface area contributed by atoms with Crippen molar-refractivity contribution in [2.45, 2.75) is 18.8 Å². The summed E-state index contributed by atoms with van der Waals surface area (Å²) in [6.45, 7) is 0.725. The molecular formula is C4H10ClNO2. The molecular weight excluding hydrogens is 130 g/mol. The summed E-state index contributed by atoms with van der Waals surface area (Å²) in [7, 11) is 0. The van der Waals surface area contributed by atoms with Gasteiger partial charge in [0.15, 0.2) is 0 Å². The highest BCUT2D eigenvalue weighted by Crippen LogP contribution is 2.01. The lowest BCUT2D eigenvalue weighted by atomic mass is 10.3. The SMILES string of the molecule is Cl.OC1NCC[C@H]1O. The van der Waals surface area contributed by atoms with Gasteiger partial charge in [0, 0.05) is 6.54 Å². The van der Waals surface area contributed by atoms with Gasteiger partial charge in [-0.3, -0.25) is 5.32 Å². The van der Waals surface area contributed by atoms with E-state index in [1.807, 2.05) is 0 Å². The van der Waals surface area contributed by atoms with Gasteiger partial charge in [-0.2, -0.15) is 0 Å². The monoisotopic (exact) mass is 139 g/mol. The fourth-order valence-corrected chi connectivity index (χ4v) is 0.673. The molecule has 0 aromatic rings. The van der Waals surface area contributed by atoms with Crippen LogP contribution in [0.25, 0.3) is 0 Å². The molecule has 0 aromatic heterocycles. The summed E-state index contributed by atoms with van der Waals surface area (Å²) in [5.41, 5.74) is 0. The molecule has 8 heavy (non-hydrogen) atoms. The Hall–Kier alpha value is 0.170. The van der Waals surface area contributed by atoms with Gasteiger partial charge in [0.05, 0.1) is 6.10 Å². The second kappa shape index (κ2) is 3.25. The molecule has 1 unspecified atom stereocenters. The lowest BCUT2D eigenvalue weighted by Gasteiger charge is -2.03. The van der Waals surface area contributed by atoms with Crippen LogP contribution in [0.15, 0.2) is 0 Å². The number of aliphatic hydroxyl groups is 2. The first-order chi connectivity index (χ1) is 3.30. The highest BCUT2D eigenvalue weighted by atomic mass is 35.5. The molecule has 1 aliphatic heterocycles.